The van der Waals surface area contributed by atoms with Crippen molar-refractivity contribution in [2.75, 3.05) is 5.32 Å². The molecular weight excluding hydrogens is 331 g/mol. The molecule has 0 aromatic heterocycles. The Morgan fingerprint density at radius 1 is 1.47 bits per heavy atom. The predicted octanol–water partition coefficient (Wildman–Crippen LogP) is 3.80. The second kappa shape index (κ2) is 5.20. The molecule has 0 spiro atoms. The number of rotatable bonds is 3. The number of hydrogen-bond donors (Lipinski definition) is 1. The second-order valence-electron chi connectivity index (χ2n) is 4.58. The number of halogens is 1. The van der Waals surface area contributed by atoms with Crippen LogP contribution in [0.15, 0.2) is 18.2 Å². The minimum absolute atomic E-state index is 0.177. The fraction of sp³-hybridized carbons (Fsp3) is 0.500. The molecule has 1 aliphatic rings. The normalized spacial score (nSPS) is 23.6. The van der Waals surface area contributed by atoms with Crippen molar-refractivity contribution in [1.29, 1.82) is 0 Å². The standard InChI is InChI=1S/C12H15IN2O2/c1-8-3-2-4-11(8)14-9-5-6-12(15(16)17)10(13)7-9/h5-8,11,14H,2-4H2,1H3. The zero-order valence-electron chi connectivity index (χ0n) is 9.65. The Kier molecular flexibility index (Phi) is 3.86. The molecule has 2 atom stereocenters. The van der Waals surface area contributed by atoms with E-state index in [9.17, 15) is 10.1 Å². The van der Waals surface area contributed by atoms with Crippen molar-refractivity contribution in [1.82, 2.24) is 0 Å². The molecule has 2 rings (SSSR count). The lowest BCUT2D eigenvalue weighted by Crippen LogP contribution is -2.21. The number of anilines is 1. The average Bonchev–Trinajstić information content (AvgIpc) is 2.64. The monoisotopic (exact) mass is 346 g/mol. The van der Waals surface area contributed by atoms with Crippen molar-refractivity contribution in [3.63, 3.8) is 0 Å². The maximum atomic E-state index is 10.7. The van der Waals surface area contributed by atoms with Gasteiger partial charge in [0.15, 0.2) is 0 Å². The Bertz CT molecular complexity index is 437. The topological polar surface area (TPSA) is 55.2 Å². The Labute approximate surface area is 114 Å². The van der Waals surface area contributed by atoms with Crippen LogP contribution in [0.3, 0.4) is 0 Å². The third kappa shape index (κ3) is 2.88. The lowest BCUT2D eigenvalue weighted by Gasteiger charge is -2.18. The van der Waals surface area contributed by atoms with Gasteiger partial charge in [-0.3, -0.25) is 10.1 Å². The van der Waals surface area contributed by atoms with E-state index in [0.717, 1.165) is 5.69 Å². The van der Waals surface area contributed by atoms with Crippen LogP contribution < -0.4 is 5.32 Å². The van der Waals surface area contributed by atoms with Crippen LogP contribution in [0.4, 0.5) is 11.4 Å². The maximum Gasteiger partial charge on any atom is 0.282 e. The lowest BCUT2D eigenvalue weighted by atomic mass is 10.1. The van der Waals surface area contributed by atoms with Crippen molar-refractivity contribution in [3.8, 4) is 0 Å². The number of hydrogen-bond acceptors (Lipinski definition) is 3. The van der Waals surface area contributed by atoms with Crippen LogP contribution in [0.2, 0.25) is 0 Å². The smallest absolute Gasteiger partial charge is 0.282 e. The summed E-state index contributed by atoms with van der Waals surface area (Å²) in [6.45, 7) is 2.25. The predicted molar refractivity (Wildman–Crippen MR) is 76.2 cm³/mol. The van der Waals surface area contributed by atoms with Gasteiger partial charge in [0.1, 0.15) is 0 Å². The molecule has 1 aliphatic carbocycles. The molecule has 0 saturated heterocycles. The van der Waals surface area contributed by atoms with E-state index in [1.807, 2.05) is 28.7 Å². The van der Waals surface area contributed by atoms with Gasteiger partial charge in [0.05, 0.1) is 8.49 Å². The van der Waals surface area contributed by atoms with Crippen LogP contribution in [-0.2, 0) is 0 Å². The molecule has 1 N–H and O–H groups in total. The first-order valence-corrected chi connectivity index (χ1v) is 6.86. The molecule has 1 saturated carbocycles. The summed E-state index contributed by atoms with van der Waals surface area (Å²) < 4.78 is 0.684. The lowest BCUT2D eigenvalue weighted by molar-refractivity contribution is -0.385. The molecule has 1 aromatic rings. The number of nitro groups is 1. The molecule has 1 fully saturated rings. The summed E-state index contributed by atoms with van der Waals surface area (Å²) in [5.41, 5.74) is 1.16. The summed E-state index contributed by atoms with van der Waals surface area (Å²) >= 11 is 2.01. The summed E-state index contributed by atoms with van der Waals surface area (Å²) in [5.74, 6) is 0.683. The van der Waals surface area contributed by atoms with Crippen LogP contribution in [0.5, 0.6) is 0 Å². The van der Waals surface area contributed by atoms with E-state index in [1.165, 1.54) is 19.3 Å². The van der Waals surface area contributed by atoms with Gasteiger partial charge in [-0.25, -0.2) is 0 Å². The van der Waals surface area contributed by atoms with Gasteiger partial charge in [-0.15, -0.1) is 0 Å². The summed E-state index contributed by atoms with van der Waals surface area (Å²) in [5, 5.41) is 14.2. The van der Waals surface area contributed by atoms with Crippen molar-refractivity contribution in [3.05, 3.63) is 31.9 Å². The molecule has 0 amide bonds. The molecule has 2 unspecified atom stereocenters. The fourth-order valence-electron chi connectivity index (χ4n) is 2.32. The fourth-order valence-corrected chi connectivity index (χ4v) is 3.03. The van der Waals surface area contributed by atoms with Gasteiger partial charge >= 0.3 is 0 Å². The first-order valence-electron chi connectivity index (χ1n) is 5.78. The van der Waals surface area contributed by atoms with Crippen LogP contribution in [0.1, 0.15) is 26.2 Å². The van der Waals surface area contributed by atoms with Crippen molar-refractivity contribution in [2.24, 2.45) is 5.92 Å². The number of nitro benzene ring substituents is 1. The summed E-state index contributed by atoms with van der Waals surface area (Å²) in [4.78, 5) is 10.4. The van der Waals surface area contributed by atoms with Gasteiger partial charge < -0.3 is 5.32 Å². The van der Waals surface area contributed by atoms with Crippen LogP contribution in [0, 0.1) is 19.6 Å². The van der Waals surface area contributed by atoms with Gasteiger partial charge in [-0.2, -0.15) is 0 Å². The van der Waals surface area contributed by atoms with Crippen LogP contribution in [0.25, 0.3) is 0 Å². The molecule has 92 valence electrons. The van der Waals surface area contributed by atoms with Gasteiger partial charge in [-0.1, -0.05) is 13.3 Å². The molecule has 0 heterocycles. The summed E-state index contributed by atoms with van der Waals surface area (Å²) in [6, 6.07) is 5.73. The van der Waals surface area contributed by atoms with Gasteiger partial charge in [0.2, 0.25) is 0 Å². The molecule has 0 bridgehead atoms. The van der Waals surface area contributed by atoms with E-state index in [2.05, 4.69) is 12.2 Å². The summed E-state index contributed by atoms with van der Waals surface area (Å²) in [7, 11) is 0. The van der Waals surface area contributed by atoms with E-state index in [1.54, 1.807) is 12.1 Å². The van der Waals surface area contributed by atoms with E-state index in [0.29, 0.717) is 15.5 Å². The SMILES string of the molecule is CC1CCCC1Nc1ccc([N+](=O)[O-])c(I)c1. The molecule has 0 aliphatic heterocycles. The largest absolute Gasteiger partial charge is 0.382 e. The Balaban J connectivity index is 2.12. The molecule has 5 heteroatoms. The number of nitrogens with zero attached hydrogens (tertiary/aromatic N) is 1. The average molecular weight is 346 g/mol. The molecule has 17 heavy (non-hydrogen) atoms. The third-order valence-corrected chi connectivity index (χ3v) is 4.22. The first kappa shape index (κ1) is 12.6. The second-order valence-corrected chi connectivity index (χ2v) is 5.74. The minimum atomic E-state index is -0.344. The first-order chi connectivity index (χ1) is 8.08. The summed E-state index contributed by atoms with van der Waals surface area (Å²) in [6.07, 6.45) is 3.72. The van der Waals surface area contributed by atoms with E-state index in [-0.39, 0.29) is 10.6 Å². The zero-order valence-corrected chi connectivity index (χ0v) is 11.8. The molecule has 1 aromatic carbocycles. The highest BCUT2D eigenvalue weighted by Crippen LogP contribution is 2.30. The zero-order chi connectivity index (χ0) is 12.4. The van der Waals surface area contributed by atoms with Crippen molar-refractivity contribution in [2.45, 2.75) is 32.2 Å². The van der Waals surface area contributed by atoms with Crippen LogP contribution in [-0.4, -0.2) is 11.0 Å². The third-order valence-electron chi connectivity index (χ3n) is 3.36. The number of benzene rings is 1. The maximum absolute atomic E-state index is 10.7. The van der Waals surface area contributed by atoms with E-state index >= 15 is 0 Å². The highest BCUT2D eigenvalue weighted by molar-refractivity contribution is 14.1. The van der Waals surface area contributed by atoms with Gasteiger partial charge in [-0.05, 0) is 53.5 Å². The molecule has 4 nitrogen and oxygen atoms in total. The minimum Gasteiger partial charge on any atom is -0.382 e. The molecular formula is C12H15IN2O2. The van der Waals surface area contributed by atoms with Crippen molar-refractivity contribution < 1.29 is 4.92 Å². The highest BCUT2D eigenvalue weighted by atomic mass is 127. The Morgan fingerprint density at radius 3 is 2.76 bits per heavy atom. The van der Waals surface area contributed by atoms with Crippen molar-refractivity contribution >= 4 is 34.0 Å². The van der Waals surface area contributed by atoms with E-state index < -0.39 is 0 Å². The Hall–Kier alpha value is -0.850. The Morgan fingerprint density at radius 2 is 2.24 bits per heavy atom. The van der Waals surface area contributed by atoms with Gasteiger partial charge in [0, 0.05) is 17.8 Å². The van der Waals surface area contributed by atoms with Gasteiger partial charge in [0.25, 0.3) is 5.69 Å². The quantitative estimate of drug-likeness (QED) is 0.515. The van der Waals surface area contributed by atoms with Crippen LogP contribution >= 0.6 is 22.6 Å². The van der Waals surface area contributed by atoms with E-state index in [4.69, 9.17) is 0 Å². The molecule has 0 radical (unpaired) electrons. The number of nitrogens with one attached hydrogen (secondary N) is 1. The highest BCUT2D eigenvalue weighted by Gasteiger charge is 2.23.